The minimum Gasteiger partial charge on any atom is -0.462 e. The molecule has 2 rings (SSSR count). The van der Waals surface area contributed by atoms with Gasteiger partial charge in [-0.05, 0) is 19.1 Å². The topological polar surface area (TPSA) is 54.5 Å². The van der Waals surface area contributed by atoms with Crippen LogP contribution in [0.2, 0.25) is 0 Å². The summed E-state index contributed by atoms with van der Waals surface area (Å²) in [6.45, 7) is 5.93. The Morgan fingerprint density at radius 1 is 1.53 bits per heavy atom. The Kier molecular flexibility index (Phi) is 3.93. The quantitative estimate of drug-likeness (QED) is 0.780. The Bertz CT molecular complexity index is 389. The SMILES string of the molecule is CCOC(=O)c1ccnc(N2CCNCC2)c1. The van der Waals surface area contributed by atoms with Crippen LogP contribution in [0, 0.1) is 0 Å². The monoisotopic (exact) mass is 235 g/mol. The summed E-state index contributed by atoms with van der Waals surface area (Å²) in [5.41, 5.74) is 0.565. The number of aromatic nitrogens is 1. The van der Waals surface area contributed by atoms with Crippen LogP contribution < -0.4 is 10.2 Å². The van der Waals surface area contributed by atoms with Crippen LogP contribution in [0.3, 0.4) is 0 Å². The van der Waals surface area contributed by atoms with Crippen molar-refractivity contribution in [3.63, 3.8) is 0 Å². The molecule has 0 amide bonds. The average Bonchev–Trinajstić information content (AvgIpc) is 2.40. The molecule has 0 radical (unpaired) electrons. The fourth-order valence-electron chi connectivity index (χ4n) is 1.83. The van der Waals surface area contributed by atoms with Gasteiger partial charge >= 0.3 is 5.97 Å². The van der Waals surface area contributed by atoms with Crippen LogP contribution in [0.15, 0.2) is 18.3 Å². The Balaban J connectivity index is 2.12. The molecule has 1 aliphatic heterocycles. The lowest BCUT2D eigenvalue weighted by Crippen LogP contribution is -2.43. The third kappa shape index (κ3) is 2.94. The number of esters is 1. The molecule has 0 bridgehead atoms. The predicted molar refractivity (Wildman–Crippen MR) is 65.3 cm³/mol. The van der Waals surface area contributed by atoms with Crippen molar-refractivity contribution in [2.45, 2.75) is 6.92 Å². The molecule has 0 aliphatic carbocycles. The number of nitrogens with zero attached hydrogens (tertiary/aromatic N) is 2. The standard InChI is InChI=1S/C12H17N3O2/c1-2-17-12(16)10-3-4-14-11(9-10)15-7-5-13-6-8-15/h3-4,9,13H,2,5-8H2,1H3. The molecule has 0 spiro atoms. The highest BCUT2D eigenvalue weighted by Gasteiger charge is 2.14. The summed E-state index contributed by atoms with van der Waals surface area (Å²) < 4.78 is 4.97. The molecule has 5 heteroatoms. The second-order valence-electron chi connectivity index (χ2n) is 3.86. The van der Waals surface area contributed by atoms with E-state index in [0.29, 0.717) is 12.2 Å². The number of ether oxygens (including phenoxy) is 1. The zero-order valence-corrected chi connectivity index (χ0v) is 9.98. The van der Waals surface area contributed by atoms with Gasteiger partial charge in [0, 0.05) is 32.4 Å². The average molecular weight is 235 g/mol. The fraction of sp³-hybridized carbons (Fsp3) is 0.500. The molecule has 1 aliphatic rings. The van der Waals surface area contributed by atoms with Crippen LogP contribution in [-0.2, 0) is 4.74 Å². The number of pyridine rings is 1. The van der Waals surface area contributed by atoms with Crippen LogP contribution in [-0.4, -0.2) is 43.7 Å². The molecule has 17 heavy (non-hydrogen) atoms. The molecule has 1 aromatic heterocycles. The Morgan fingerprint density at radius 3 is 3.00 bits per heavy atom. The van der Waals surface area contributed by atoms with Crippen molar-refractivity contribution in [3.8, 4) is 0 Å². The van der Waals surface area contributed by atoms with Crippen molar-refractivity contribution in [3.05, 3.63) is 23.9 Å². The van der Waals surface area contributed by atoms with E-state index < -0.39 is 0 Å². The fourth-order valence-corrected chi connectivity index (χ4v) is 1.83. The first kappa shape index (κ1) is 11.9. The van der Waals surface area contributed by atoms with E-state index in [-0.39, 0.29) is 5.97 Å². The number of piperazine rings is 1. The highest BCUT2D eigenvalue weighted by molar-refractivity contribution is 5.90. The molecule has 1 aromatic rings. The molecule has 92 valence electrons. The van der Waals surface area contributed by atoms with Gasteiger partial charge in [0.2, 0.25) is 0 Å². The van der Waals surface area contributed by atoms with Gasteiger partial charge < -0.3 is 15.0 Å². The third-order valence-corrected chi connectivity index (χ3v) is 2.70. The zero-order chi connectivity index (χ0) is 12.1. The van der Waals surface area contributed by atoms with Crippen LogP contribution in [0.1, 0.15) is 17.3 Å². The van der Waals surface area contributed by atoms with E-state index in [4.69, 9.17) is 4.74 Å². The van der Waals surface area contributed by atoms with Gasteiger partial charge in [0.1, 0.15) is 5.82 Å². The van der Waals surface area contributed by atoms with Gasteiger partial charge in [-0.2, -0.15) is 0 Å². The largest absolute Gasteiger partial charge is 0.462 e. The van der Waals surface area contributed by atoms with Crippen molar-refractivity contribution < 1.29 is 9.53 Å². The predicted octanol–water partition coefficient (Wildman–Crippen LogP) is 0.668. The molecule has 5 nitrogen and oxygen atoms in total. The summed E-state index contributed by atoms with van der Waals surface area (Å²) in [5, 5.41) is 3.28. The Morgan fingerprint density at radius 2 is 2.29 bits per heavy atom. The molecule has 0 unspecified atom stereocenters. The number of anilines is 1. The zero-order valence-electron chi connectivity index (χ0n) is 9.98. The number of carbonyl (C=O) groups is 1. The second-order valence-corrected chi connectivity index (χ2v) is 3.86. The molecule has 0 atom stereocenters. The Hall–Kier alpha value is -1.62. The van der Waals surface area contributed by atoms with Crippen LogP contribution >= 0.6 is 0 Å². The van der Waals surface area contributed by atoms with E-state index in [1.165, 1.54) is 0 Å². The first-order valence-corrected chi connectivity index (χ1v) is 5.90. The summed E-state index contributed by atoms with van der Waals surface area (Å²) in [6.07, 6.45) is 1.66. The molecule has 1 fully saturated rings. The molecule has 1 saturated heterocycles. The molecular formula is C12H17N3O2. The van der Waals surface area contributed by atoms with Gasteiger partial charge in [0.05, 0.1) is 12.2 Å². The highest BCUT2D eigenvalue weighted by atomic mass is 16.5. The van der Waals surface area contributed by atoms with E-state index in [9.17, 15) is 4.79 Å². The van der Waals surface area contributed by atoms with Crippen LogP contribution in [0.4, 0.5) is 5.82 Å². The summed E-state index contributed by atoms with van der Waals surface area (Å²) >= 11 is 0. The number of nitrogens with one attached hydrogen (secondary N) is 1. The van der Waals surface area contributed by atoms with Crippen molar-refractivity contribution in [2.24, 2.45) is 0 Å². The summed E-state index contributed by atoms with van der Waals surface area (Å²) in [6, 6.07) is 3.48. The van der Waals surface area contributed by atoms with Crippen molar-refractivity contribution in [2.75, 3.05) is 37.7 Å². The van der Waals surface area contributed by atoms with Gasteiger partial charge in [-0.15, -0.1) is 0 Å². The normalized spacial score (nSPS) is 15.7. The molecule has 0 saturated carbocycles. The highest BCUT2D eigenvalue weighted by Crippen LogP contribution is 2.13. The Labute approximate surface area is 101 Å². The van der Waals surface area contributed by atoms with E-state index in [0.717, 1.165) is 32.0 Å². The summed E-state index contributed by atoms with van der Waals surface area (Å²) in [5.74, 6) is 0.559. The second kappa shape index (κ2) is 5.63. The van der Waals surface area contributed by atoms with E-state index in [1.807, 2.05) is 0 Å². The first-order chi connectivity index (χ1) is 8.31. The lowest BCUT2D eigenvalue weighted by Gasteiger charge is -2.28. The molecule has 2 heterocycles. The third-order valence-electron chi connectivity index (χ3n) is 2.70. The first-order valence-electron chi connectivity index (χ1n) is 5.90. The van der Waals surface area contributed by atoms with E-state index >= 15 is 0 Å². The van der Waals surface area contributed by atoms with Crippen molar-refractivity contribution >= 4 is 11.8 Å². The van der Waals surface area contributed by atoms with Crippen molar-refractivity contribution in [1.29, 1.82) is 0 Å². The molecular weight excluding hydrogens is 218 g/mol. The number of hydrogen-bond acceptors (Lipinski definition) is 5. The van der Waals surface area contributed by atoms with Crippen LogP contribution in [0.25, 0.3) is 0 Å². The minimum atomic E-state index is -0.286. The maximum absolute atomic E-state index is 11.6. The van der Waals surface area contributed by atoms with Gasteiger partial charge in [-0.1, -0.05) is 0 Å². The maximum Gasteiger partial charge on any atom is 0.338 e. The van der Waals surface area contributed by atoms with Gasteiger partial charge in [0.15, 0.2) is 0 Å². The molecule has 0 aromatic carbocycles. The number of rotatable bonds is 3. The number of hydrogen-bond donors (Lipinski definition) is 1. The summed E-state index contributed by atoms with van der Waals surface area (Å²) in [7, 11) is 0. The maximum atomic E-state index is 11.6. The minimum absolute atomic E-state index is 0.286. The van der Waals surface area contributed by atoms with Gasteiger partial charge in [-0.25, -0.2) is 9.78 Å². The van der Waals surface area contributed by atoms with Gasteiger partial charge in [0.25, 0.3) is 0 Å². The van der Waals surface area contributed by atoms with E-state index in [2.05, 4.69) is 15.2 Å². The molecule has 1 N–H and O–H groups in total. The lowest BCUT2D eigenvalue weighted by molar-refractivity contribution is 0.0526. The van der Waals surface area contributed by atoms with E-state index in [1.54, 1.807) is 25.3 Å². The van der Waals surface area contributed by atoms with Crippen molar-refractivity contribution in [1.82, 2.24) is 10.3 Å². The van der Waals surface area contributed by atoms with Crippen LogP contribution in [0.5, 0.6) is 0 Å². The van der Waals surface area contributed by atoms with Gasteiger partial charge in [-0.3, -0.25) is 0 Å². The summed E-state index contributed by atoms with van der Waals surface area (Å²) in [4.78, 5) is 18.1. The number of carbonyl (C=O) groups excluding carboxylic acids is 1. The smallest absolute Gasteiger partial charge is 0.338 e. The lowest BCUT2D eigenvalue weighted by atomic mass is 10.2.